The molecule has 1 N–H and O–H groups in total. The fourth-order valence-electron chi connectivity index (χ4n) is 2.61. The van der Waals surface area contributed by atoms with E-state index < -0.39 is 6.10 Å². The Balaban J connectivity index is 2.05. The summed E-state index contributed by atoms with van der Waals surface area (Å²) < 4.78 is 1.47. The molecule has 0 amide bonds. The highest BCUT2D eigenvalue weighted by Crippen LogP contribution is 2.25. The molecule has 0 unspecified atom stereocenters. The van der Waals surface area contributed by atoms with E-state index in [9.17, 15) is 15.2 Å². The number of halogens is 1. The number of hydrogen-bond donors (Lipinski definition) is 1. The van der Waals surface area contributed by atoms with Crippen molar-refractivity contribution in [1.82, 2.24) is 9.55 Å². The molecule has 2 aromatic carbocycles. The van der Waals surface area contributed by atoms with Crippen molar-refractivity contribution < 1.29 is 5.11 Å². The zero-order valence-corrected chi connectivity index (χ0v) is 15.6. The SMILES string of the molecule is C[C@H](O)Cn1c(SCc2ccccc2C#N)nc2cc(Cl)ccc2c1=O. The fraction of sp³-hybridized carbons (Fsp3) is 0.211. The van der Waals surface area contributed by atoms with Crippen LogP contribution in [0.4, 0.5) is 0 Å². The molecule has 0 saturated heterocycles. The number of hydrogen-bond acceptors (Lipinski definition) is 5. The van der Waals surface area contributed by atoms with Crippen LogP contribution in [0.5, 0.6) is 0 Å². The fourth-order valence-corrected chi connectivity index (χ4v) is 3.79. The van der Waals surface area contributed by atoms with Gasteiger partial charge in [-0.2, -0.15) is 5.26 Å². The van der Waals surface area contributed by atoms with Gasteiger partial charge in [-0.15, -0.1) is 0 Å². The number of thioether (sulfide) groups is 1. The van der Waals surface area contributed by atoms with E-state index in [1.165, 1.54) is 16.3 Å². The van der Waals surface area contributed by atoms with E-state index in [1.54, 1.807) is 31.2 Å². The van der Waals surface area contributed by atoms with Gasteiger partial charge in [-0.1, -0.05) is 41.6 Å². The normalized spacial score (nSPS) is 12.1. The van der Waals surface area contributed by atoms with E-state index in [4.69, 9.17) is 11.6 Å². The van der Waals surface area contributed by atoms with Gasteiger partial charge in [0, 0.05) is 10.8 Å². The van der Waals surface area contributed by atoms with Crippen LogP contribution in [0.25, 0.3) is 10.9 Å². The molecule has 132 valence electrons. The lowest BCUT2D eigenvalue weighted by Crippen LogP contribution is -2.27. The highest BCUT2D eigenvalue weighted by atomic mass is 35.5. The number of fused-ring (bicyclic) bond motifs is 1. The lowest BCUT2D eigenvalue weighted by Gasteiger charge is -2.15. The molecule has 7 heteroatoms. The average molecular weight is 386 g/mol. The molecule has 0 aliphatic rings. The maximum Gasteiger partial charge on any atom is 0.262 e. The Kier molecular flexibility index (Phi) is 5.62. The van der Waals surface area contributed by atoms with Gasteiger partial charge in [0.05, 0.1) is 35.2 Å². The highest BCUT2D eigenvalue weighted by Gasteiger charge is 2.14. The minimum atomic E-state index is -0.690. The van der Waals surface area contributed by atoms with Gasteiger partial charge in [0.1, 0.15) is 0 Å². The number of benzene rings is 2. The molecule has 0 aliphatic heterocycles. The molecule has 0 bridgehead atoms. The van der Waals surface area contributed by atoms with Gasteiger partial charge in [-0.05, 0) is 36.8 Å². The Morgan fingerprint density at radius 2 is 2.12 bits per heavy atom. The number of nitriles is 1. The zero-order valence-electron chi connectivity index (χ0n) is 14.0. The van der Waals surface area contributed by atoms with Crippen LogP contribution in [-0.4, -0.2) is 20.8 Å². The highest BCUT2D eigenvalue weighted by molar-refractivity contribution is 7.98. The predicted octanol–water partition coefficient (Wildman–Crippen LogP) is 3.59. The molecule has 3 aromatic rings. The maximum absolute atomic E-state index is 12.8. The van der Waals surface area contributed by atoms with E-state index >= 15 is 0 Å². The van der Waals surface area contributed by atoms with Crippen molar-refractivity contribution in [1.29, 1.82) is 5.26 Å². The molecule has 1 heterocycles. The lowest BCUT2D eigenvalue weighted by molar-refractivity contribution is 0.168. The Bertz CT molecular complexity index is 1060. The van der Waals surface area contributed by atoms with Crippen LogP contribution in [0.15, 0.2) is 52.4 Å². The number of aliphatic hydroxyl groups is 1. The first-order chi connectivity index (χ1) is 12.5. The average Bonchev–Trinajstić information content (AvgIpc) is 2.62. The van der Waals surface area contributed by atoms with E-state index in [0.29, 0.717) is 32.4 Å². The van der Waals surface area contributed by atoms with Crippen molar-refractivity contribution in [2.24, 2.45) is 0 Å². The summed E-state index contributed by atoms with van der Waals surface area (Å²) in [7, 11) is 0. The van der Waals surface area contributed by atoms with Crippen molar-refractivity contribution in [2.45, 2.75) is 30.5 Å². The first-order valence-electron chi connectivity index (χ1n) is 7.98. The smallest absolute Gasteiger partial charge is 0.262 e. The summed E-state index contributed by atoms with van der Waals surface area (Å²) in [6, 6.07) is 14.4. The molecule has 1 aromatic heterocycles. The van der Waals surface area contributed by atoms with Gasteiger partial charge < -0.3 is 5.11 Å². The second kappa shape index (κ2) is 7.92. The molecule has 0 saturated carbocycles. The van der Waals surface area contributed by atoms with E-state index in [0.717, 1.165) is 5.56 Å². The van der Waals surface area contributed by atoms with Crippen LogP contribution in [0.2, 0.25) is 5.02 Å². The van der Waals surface area contributed by atoms with Crippen molar-refractivity contribution >= 4 is 34.3 Å². The van der Waals surface area contributed by atoms with Crippen LogP contribution >= 0.6 is 23.4 Å². The Labute approximate surface area is 159 Å². The predicted molar refractivity (Wildman–Crippen MR) is 103 cm³/mol. The van der Waals surface area contributed by atoms with Crippen LogP contribution in [0, 0.1) is 11.3 Å². The Morgan fingerprint density at radius 3 is 2.85 bits per heavy atom. The van der Waals surface area contributed by atoms with Crippen molar-refractivity contribution in [3.63, 3.8) is 0 Å². The molecule has 5 nitrogen and oxygen atoms in total. The van der Waals surface area contributed by atoms with Gasteiger partial charge in [-0.25, -0.2) is 4.98 Å². The third kappa shape index (κ3) is 3.91. The summed E-state index contributed by atoms with van der Waals surface area (Å²) in [6.07, 6.45) is -0.690. The first kappa shape index (κ1) is 18.5. The third-order valence-electron chi connectivity index (χ3n) is 3.82. The summed E-state index contributed by atoms with van der Waals surface area (Å²) in [5.74, 6) is 0.488. The second-order valence-corrected chi connectivity index (χ2v) is 7.26. The van der Waals surface area contributed by atoms with Crippen molar-refractivity contribution in [3.8, 4) is 6.07 Å². The second-order valence-electron chi connectivity index (χ2n) is 5.88. The molecular formula is C19H16ClN3O2S. The first-order valence-corrected chi connectivity index (χ1v) is 9.35. The number of aromatic nitrogens is 2. The van der Waals surface area contributed by atoms with Gasteiger partial charge >= 0.3 is 0 Å². The molecule has 0 radical (unpaired) electrons. The number of nitrogens with zero attached hydrogens (tertiary/aromatic N) is 3. The van der Waals surface area contributed by atoms with Crippen molar-refractivity contribution in [2.75, 3.05) is 0 Å². The monoisotopic (exact) mass is 385 g/mol. The molecule has 0 aliphatic carbocycles. The lowest BCUT2D eigenvalue weighted by atomic mass is 10.1. The summed E-state index contributed by atoms with van der Waals surface area (Å²) in [6.45, 7) is 1.77. The molecule has 1 atom stereocenters. The largest absolute Gasteiger partial charge is 0.392 e. The van der Waals surface area contributed by atoms with Crippen LogP contribution in [0.3, 0.4) is 0 Å². The summed E-state index contributed by atoms with van der Waals surface area (Å²) in [5.41, 5.74) is 1.75. The zero-order chi connectivity index (χ0) is 18.7. The van der Waals surface area contributed by atoms with Crippen LogP contribution in [0.1, 0.15) is 18.1 Å². The van der Waals surface area contributed by atoms with Crippen molar-refractivity contribution in [3.05, 3.63) is 69.0 Å². The van der Waals surface area contributed by atoms with Gasteiger partial charge in [0.25, 0.3) is 5.56 Å². The summed E-state index contributed by atoms with van der Waals surface area (Å²) in [5, 5.41) is 20.4. The van der Waals surface area contributed by atoms with Crippen LogP contribution in [-0.2, 0) is 12.3 Å². The van der Waals surface area contributed by atoms with Gasteiger partial charge in [0.2, 0.25) is 0 Å². The van der Waals surface area contributed by atoms with E-state index in [1.807, 2.05) is 18.2 Å². The van der Waals surface area contributed by atoms with E-state index in [2.05, 4.69) is 11.1 Å². The summed E-state index contributed by atoms with van der Waals surface area (Å²) >= 11 is 7.38. The Morgan fingerprint density at radius 1 is 1.35 bits per heavy atom. The standard InChI is InChI=1S/C19H16ClN3O2S/c1-12(24)10-23-18(25)16-7-6-15(20)8-17(16)22-19(23)26-11-14-5-3-2-4-13(14)9-21/h2-8,12,24H,10-11H2,1H3/t12-/m0/s1. The Hall–Kier alpha value is -2.33. The van der Waals surface area contributed by atoms with Gasteiger partial charge in [-0.3, -0.25) is 9.36 Å². The van der Waals surface area contributed by atoms with Crippen LogP contribution < -0.4 is 5.56 Å². The quantitative estimate of drug-likeness (QED) is 0.536. The minimum Gasteiger partial charge on any atom is -0.392 e. The summed E-state index contributed by atoms with van der Waals surface area (Å²) in [4.78, 5) is 17.4. The maximum atomic E-state index is 12.8. The molecule has 26 heavy (non-hydrogen) atoms. The topological polar surface area (TPSA) is 78.9 Å². The van der Waals surface area contributed by atoms with Gasteiger partial charge in [0.15, 0.2) is 5.16 Å². The third-order valence-corrected chi connectivity index (χ3v) is 5.08. The molecule has 0 fully saturated rings. The van der Waals surface area contributed by atoms with E-state index in [-0.39, 0.29) is 12.1 Å². The number of aliphatic hydroxyl groups excluding tert-OH is 1. The molecule has 3 rings (SSSR count). The number of rotatable bonds is 5. The molecular weight excluding hydrogens is 370 g/mol. The molecule has 0 spiro atoms. The minimum absolute atomic E-state index is 0.145.